The van der Waals surface area contributed by atoms with Crippen molar-refractivity contribution in [3.05, 3.63) is 71.2 Å². The second kappa shape index (κ2) is 8.88. The molecule has 0 aliphatic heterocycles. The number of halogens is 1. The zero-order chi connectivity index (χ0) is 22.0. The summed E-state index contributed by atoms with van der Waals surface area (Å²) in [6.45, 7) is 1.94. The summed E-state index contributed by atoms with van der Waals surface area (Å²) in [6.07, 6.45) is 1.51. The molecule has 0 unspecified atom stereocenters. The molecule has 1 heterocycles. The molecular weight excluding hydrogens is 446 g/mol. The van der Waals surface area contributed by atoms with Gasteiger partial charge in [0.15, 0.2) is 0 Å². The van der Waals surface area contributed by atoms with Crippen LogP contribution in [0.2, 0.25) is 5.21 Å². The van der Waals surface area contributed by atoms with E-state index in [9.17, 15) is 19.1 Å². The van der Waals surface area contributed by atoms with Crippen molar-refractivity contribution in [2.75, 3.05) is 14.1 Å². The number of carbonyl (C=O) groups is 2. The number of nitrogens with zero attached hydrogens (tertiary/aromatic N) is 2. The summed E-state index contributed by atoms with van der Waals surface area (Å²) in [7, 11) is 3.37. The second-order valence-electron chi connectivity index (χ2n) is 7.20. The molecule has 0 bridgehead atoms. The van der Waals surface area contributed by atoms with E-state index >= 15 is 0 Å². The molecular formula is C23H22AsFN2O3. The summed E-state index contributed by atoms with van der Waals surface area (Å²) in [5.74, 6) is -1.42. The van der Waals surface area contributed by atoms with Gasteiger partial charge in [-0.3, -0.25) is 0 Å². The summed E-state index contributed by atoms with van der Waals surface area (Å²) in [5, 5.41) is 10.7. The van der Waals surface area contributed by atoms with Crippen molar-refractivity contribution in [2.45, 2.75) is 18.7 Å². The number of hydrogen-bond acceptors (Lipinski definition) is 2. The summed E-state index contributed by atoms with van der Waals surface area (Å²) < 4.78 is 16.2. The van der Waals surface area contributed by atoms with E-state index in [4.69, 9.17) is 0 Å². The van der Waals surface area contributed by atoms with Crippen molar-refractivity contribution in [1.29, 1.82) is 0 Å². The molecule has 1 N–H and O–H groups in total. The molecule has 0 fully saturated rings. The first-order valence-corrected chi connectivity index (χ1v) is 10.7. The van der Waals surface area contributed by atoms with Gasteiger partial charge in [0.2, 0.25) is 0 Å². The van der Waals surface area contributed by atoms with Gasteiger partial charge in [0.05, 0.1) is 0 Å². The van der Waals surface area contributed by atoms with Gasteiger partial charge >= 0.3 is 169 Å². The van der Waals surface area contributed by atoms with E-state index in [1.54, 1.807) is 44.4 Å². The number of amides is 1. The van der Waals surface area contributed by atoms with Gasteiger partial charge in [-0.1, -0.05) is 0 Å². The third kappa shape index (κ3) is 4.19. The predicted octanol–water partition coefficient (Wildman–Crippen LogP) is 4.46. The van der Waals surface area contributed by atoms with Crippen molar-refractivity contribution in [3.8, 4) is 11.1 Å². The molecule has 0 saturated carbocycles. The Hall–Kier alpha value is -2.85. The molecule has 154 valence electrons. The Bertz CT molecular complexity index is 1160. The number of aromatic nitrogens is 1. The van der Waals surface area contributed by atoms with Crippen LogP contribution >= 0.6 is 0 Å². The van der Waals surface area contributed by atoms with E-state index in [0.717, 1.165) is 22.3 Å². The molecule has 1 aromatic heterocycles. The fraction of sp³-hybridized carbons (Fsp3) is 0.217. The third-order valence-corrected chi connectivity index (χ3v) is 5.38. The van der Waals surface area contributed by atoms with Crippen LogP contribution < -0.4 is 0 Å². The van der Waals surface area contributed by atoms with E-state index in [0.29, 0.717) is 16.2 Å². The van der Waals surface area contributed by atoms with E-state index in [-0.39, 0.29) is 23.8 Å². The molecule has 5 nitrogen and oxygen atoms in total. The maximum atomic E-state index is 14.4. The van der Waals surface area contributed by atoms with Gasteiger partial charge in [0.25, 0.3) is 0 Å². The van der Waals surface area contributed by atoms with Crippen LogP contribution in [-0.2, 0) is 6.54 Å². The number of carboxylic acid groups (broad SMARTS) is 1. The number of aromatic carboxylic acids is 1. The molecule has 7 heteroatoms. The van der Waals surface area contributed by atoms with Crippen molar-refractivity contribution in [2.24, 2.45) is 0 Å². The van der Waals surface area contributed by atoms with Gasteiger partial charge in [-0.2, -0.15) is 0 Å². The number of allylic oxidation sites excluding steroid dienone is 2. The van der Waals surface area contributed by atoms with E-state index in [1.165, 1.54) is 17.0 Å². The molecule has 1 amide bonds. The SMILES string of the molecule is Cc1c(-c2cccc(C(=O)N(C)C)c2)c2cc(C(=O)O)ccc2n1C/C(F)=C/C[As]. The monoisotopic (exact) mass is 468 g/mol. The topological polar surface area (TPSA) is 62.5 Å². The minimum absolute atomic E-state index is 0.0584. The third-order valence-electron chi connectivity index (χ3n) is 5.00. The summed E-state index contributed by atoms with van der Waals surface area (Å²) >= 11 is 2.32. The number of fused-ring (bicyclic) bond motifs is 1. The first kappa shape index (κ1) is 21.8. The van der Waals surface area contributed by atoms with Crippen LogP contribution in [-0.4, -0.2) is 57.4 Å². The molecule has 3 aromatic rings. The first-order valence-electron chi connectivity index (χ1n) is 9.38. The molecule has 3 rings (SSSR count). The molecule has 0 aliphatic rings. The number of carboxylic acids is 1. The maximum absolute atomic E-state index is 14.4. The molecule has 0 atom stereocenters. The Kier molecular flexibility index (Phi) is 6.47. The van der Waals surface area contributed by atoms with Crippen LogP contribution in [0.3, 0.4) is 0 Å². The van der Waals surface area contributed by atoms with Crippen molar-refractivity contribution in [3.63, 3.8) is 0 Å². The van der Waals surface area contributed by atoms with Gasteiger partial charge in [-0.05, 0) is 0 Å². The number of rotatable bonds is 6. The van der Waals surface area contributed by atoms with Gasteiger partial charge < -0.3 is 0 Å². The van der Waals surface area contributed by atoms with Gasteiger partial charge in [-0.15, -0.1) is 0 Å². The minimum atomic E-state index is -1.03. The molecule has 30 heavy (non-hydrogen) atoms. The summed E-state index contributed by atoms with van der Waals surface area (Å²) in [5.41, 5.74) is 3.80. The van der Waals surface area contributed by atoms with Crippen LogP contribution in [0.5, 0.6) is 0 Å². The second-order valence-corrected chi connectivity index (χ2v) is 7.96. The Balaban J connectivity index is 2.28. The van der Waals surface area contributed by atoms with E-state index in [1.807, 2.05) is 17.6 Å². The molecule has 0 spiro atoms. The fourth-order valence-corrected chi connectivity index (χ4v) is 3.98. The quantitative estimate of drug-likeness (QED) is 0.544. The number of carbonyl (C=O) groups excluding carboxylic acids is 1. The van der Waals surface area contributed by atoms with Crippen LogP contribution in [0.15, 0.2) is 54.4 Å². The Morgan fingerprint density at radius 3 is 2.53 bits per heavy atom. The average molecular weight is 468 g/mol. The summed E-state index contributed by atoms with van der Waals surface area (Å²) in [4.78, 5) is 25.5. The standard InChI is InChI=1S/C23H22AsFN2O3/c1-14-21(15-5-4-6-16(11-15)22(28)26(2)3)19-12-17(23(29)30)7-8-20(19)27(14)13-18(25)9-10-24/h4-9,11-12H,10,13H2,1-3H3,(H,29,30)/b18-9-. The summed E-state index contributed by atoms with van der Waals surface area (Å²) in [6, 6.07) is 12.0. The van der Waals surface area contributed by atoms with Crippen molar-refractivity contribution >= 4 is 39.6 Å². The van der Waals surface area contributed by atoms with Crippen LogP contribution in [0.4, 0.5) is 4.39 Å². The normalized spacial score (nSPS) is 11.7. The molecule has 2 radical (unpaired) electrons. The average Bonchev–Trinajstić information content (AvgIpc) is 2.98. The van der Waals surface area contributed by atoms with Crippen molar-refractivity contribution < 1.29 is 19.1 Å². The number of benzene rings is 2. The van der Waals surface area contributed by atoms with Crippen LogP contribution in [0, 0.1) is 6.92 Å². The van der Waals surface area contributed by atoms with Crippen LogP contribution in [0.25, 0.3) is 22.0 Å². The van der Waals surface area contributed by atoms with Gasteiger partial charge in [0, 0.05) is 14.1 Å². The molecule has 2 aromatic carbocycles. The van der Waals surface area contributed by atoms with E-state index in [2.05, 4.69) is 16.9 Å². The first-order chi connectivity index (χ1) is 14.2. The van der Waals surface area contributed by atoms with Gasteiger partial charge in [-0.25, -0.2) is 0 Å². The molecule has 0 saturated heterocycles. The number of hydrogen-bond donors (Lipinski definition) is 1. The Morgan fingerprint density at radius 2 is 1.90 bits per heavy atom. The Labute approximate surface area is 183 Å². The Morgan fingerprint density at radius 1 is 1.17 bits per heavy atom. The molecule has 0 aliphatic carbocycles. The van der Waals surface area contributed by atoms with Crippen LogP contribution in [0.1, 0.15) is 26.4 Å². The van der Waals surface area contributed by atoms with Crippen molar-refractivity contribution in [1.82, 2.24) is 9.47 Å². The predicted molar refractivity (Wildman–Crippen MR) is 117 cm³/mol. The zero-order valence-electron chi connectivity index (χ0n) is 17.0. The fourth-order valence-electron chi connectivity index (χ4n) is 3.56. The van der Waals surface area contributed by atoms with E-state index < -0.39 is 5.97 Å². The zero-order valence-corrected chi connectivity index (χ0v) is 18.9. The van der Waals surface area contributed by atoms with Gasteiger partial charge in [0.1, 0.15) is 0 Å².